The molecule has 0 aliphatic carbocycles. The van der Waals surface area contributed by atoms with Crippen molar-refractivity contribution in [3.8, 4) is 11.6 Å². The third-order valence-electron chi connectivity index (χ3n) is 1.31. The molecule has 0 amide bonds. The first-order chi connectivity index (χ1) is 8.28. The van der Waals surface area contributed by atoms with E-state index in [1.807, 2.05) is 13.8 Å². The topological polar surface area (TPSA) is 57.4 Å². The number of nitrogens with zero attached hydrogens (tertiary/aromatic N) is 1. The van der Waals surface area contributed by atoms with E-state index in [0.717, 1.165) is 5.75 Å². The zero-order valence-corrected chi connectivity index (χ0v) is 11.7. The van der Waals surface area contributed by atoms with E-state index in [0.29, 0.717) is 19.0 Å². The minimum atomic E-state index is 0. The van der Waals surface area contributed by atoms with Gasteiger partial charge in [0.15, 0.2) is 0 Å². The van der Waals surface area contributed by atoms with Gasteiger partial charge in [0.25, 0.3) is 0 Å². The first-order valence-electron chi connectivity index (χ1n) is 6.11. The van der Waals surface area contributed by atoms with Crippen LogP contribution < -0.4 is 15.2 Å². The van der Waals surface area contributed by atoms with Crippen molar-refractivity contribution < 1.29 is 10.9 Å². The molecule has 0 radical (unpaired) electrons. The summed E-state index contributed by atoms with van der Waals surface area (Å²) in [6.07, 6.45) is 2.85. The Morgan fingerprint density at radius 1 is 1.29 bits per heavy atom. The molecule has 0 saturated heterocycles. The van der Waals surface area contributed by atoms with Gasteiger partial charge < -0.3 is 15.2 Å². The summed E-state index contributed by atoms with van der Waals surface area (Å²) in [5.74, 6) is 1.29. The fourth-order valence-corrected chi connectivity index (χ4v) is 0.736. The van der Waals surface area contributed by atoms with Gasteiger partial charge in [0.05, 0.1) is 13.3 Å². The van der Waals surface area contributed by atoms with Gasteiger partial charge in [-0.05, 0) is 6.07 Å². The Morgan fingerprint density at radius 3 is 2.24 bits per heavy atom. The molecule has 0 spiro atoms. The molecule has 4 heteroatoms. The predicted molar refractivity (Wildman–Crippen MR) is 74.8 cm³/mol. The molecular formula is C13H28N2O2. The fraction of sp³-hybridized carbons (Fsp3) is 0.615. The van der Waals surface area contributed by atoms with Crippen molar-refractivity contribution in [2.75, 3.05) is 20.3 Å². The van der Waals surface area contributed by atoms with Crippen molar-refractivity contribution in [1.29, 1.82) is 0 Å². The number of ether oxygens (including phenoxy) is 2. The highest BCUT2D eigenvalue weighted by molar-refractivity contribution is 5.22. The highest BCUT2D eigenvalue weighted by atomic mass is 16.5. The second-order valence-electron chi connectivity index (χ2n) is 2.88. The molecule has 0 aliphatic heterocycles. The zero-order chi connectivity index (χ0) is 13.5. The Hall–Kier alpha value is -1.29. The van der Waals surface area contributed by atoms with Crippen molar-refractivity contribution in [2.24, 2.45) is 5.73 Å². The summed E-state index contributed by atoms with van der Waals surface area (Å²) in [7, 11) is 1.59. The number of hydrogen-bond donors (Lipinski definition) is 1. The van der Waals surface area contributed by atoms with Gasteiger partial charge in [0.1, 0.15) is 12.4 Å². The molecular weight excluding hydrogens is 216 g/mol. The summed E-state index contributed by atoms with van der Waals surface area (Å²) < 4.78 is 10.1. The van der Waals surface area contributed by atoms with Crippen LogP contribution in [0.4, 0.5) is 0 Å². The van der Waals surface area contributed by atoms with Crippen molar-refractivity contribution in [3.63, 3.8) is 0 Å². The second-order valence-corrected chi connectivity index (χ2v) is 2.88. The van der Waals surface area contributed by atoms with Gasteiger partial charge in [-0.15, -0.1) is 0 Å². The monoisotopic (exact) mass is 244 g/mol. The van der Waals surface area contributed by atoms with Crippen molar-refractivity contribution in [2.45, 2.75) is 34.1 Å². The van der Waals surface area contributed by atoms with Crippen LogP contribution >= 0.6 is 0 Å². The van der Waals surface area contributed by atoms with Gasteiger partial charge in [-0.25, -0.2) is 4.98 Å². The summed E-state index contributed by atoms with van der Waals surface area (Å²) in [4.78, 5) is 3.98. The molecule has 1 aromatic rings. The summed E-state index contributed by atoms with van der Waals surface area (Å²) >= 11 is 0. The second kappa shape index (κ2) is 14.7. The molecule has 0 aliphatic rings. The molecule has 102 valence electrons. The summed E-state index contributed by atoms with van der Waals surface area (Å²) in [5, 5.41) is 0. The van der Waals surface area contributed by atoms with Gasteiger partial charge in [0.2, 0.25) is 5.88 Å². The minimum Gasteiger partial charge on any atom is -0.495 e. The number of aromatic nitrogens is 1. The molecule has 0 unspecified atom stereocenters. The van der Waals surface area contributed by atoms with Gasteiger partial charge in [-0.2, -0.15) is 0 Å². The summed E-state index contributed by atoms with van der Waals surface area (Å²) in [6.45, 7) is 9.23. The first kappa shape index (κ1) is 18.1. The lowest BCUT2D eigenvalue weighted by atomic mass is 10.4. The molecule has 4 nitrogen and oxygen atoms in total. The van der Waals surface area contributed by atoms with Crippen LogP contribution in [0.15, 0.2) is 18.3 Å². The zero-order valence-electron chi connectivity index (χ0n) is 11.7. The maximum Gasteiger partial charge on any atom is 0.213 e. The van der Waals surface area contributed by atoms with Crippen LogP contribution in [0.3, 0.4) is 0 Å². The van der Waals surface area contributed by atoms with Crippen LogP contribution in [0, 0.1) is 0 Å². The normalized spacial score (nSPS) is 8.12. The van der Waals surface area contributed by atoms with Gasteiger partial charge >= 0.3 is 0 Å². The molecule has 1 aromatic heterocycles. The molecule has 1 heterocycles. The van der Waals surface area contributed by atoms with E-state index in [1.54, 1.807) is 25.4 Å². The minimum absolute atomic E-state index is 0. The Kier molecular flexibility index (Phi) is 15.6. The Morgan fingerprint density at radius 2 is 1.88 bits per heavy atom. The molecule has 0 aromatic carbocycles. The number of rotatable bonds is 4. The van der Waals surface area contributed by atoms with E-state index in [1.165, 1.54) is 6.42 Å². The van der Waals surface area contributed by atoms with E-state index in [-0.39, 0.29) is 1.43 Å². The summed E-state index contributed by atoms with van der Waals surface area (Å²) in [5.41, 5.74) is 5.25. The average Bonchev–Trinajstić information content (AvgIpc) is 2.40. The Bertz CT molecular complexity index is 243. The highest BCUT2D eigenvalue weighted by Gasteiger charge is 1.94. The standard InChI is InChI=1S/C8H12N2O2.C3H8.C2H6.H2/c1-11-7-2-3-8(10-6-7)12-5-4-9;1-3-2;1-2;/h2-3,6H,4-5,9H2,1H3;3H2,1-2H3;1-2H3;1H. The van der Waals surface area contributed by atoms with E-state index < -0.39 is 0 Å². The molecule has 0 atom stereocenters. The third kappa shape index (κ3) is 11.0. The molecule has 0 saturated carbocycles. The van der Waals surface area contributed by atoms with Gasteiger partial charge in [-0.1, -0.05) is 34.1 Å². The fourth-order valence-electron chi connectivity index (χ4n) is 0.736. The van der Waals surface area contributed by atoms with Crippen LogP contribution in [0.2, 0.25) is 0 Å². The van der Waals surface area contributed by atoms with E-state index in [2.05, 4.69) is 18.8 Å². The van der Waals surface area contributed by atoms with Crippen LogP contribution in [0.1, 0.15) is 35.5 Å². The van der Waals surface area contributed by atoms with E-state index in [9.17, 15) is 0 Å². The third-order valence-corrected chi connectivity index (χ3v) is 1.31. The molecule has 2 N–H and O–H groups in total. The molecule has 0 bridgehead atoms. The molecule has 17 heavy (non-hydrogen) atoms. The van der Waals surface area contributed by atoms with Crippen molar-refractivity contribution in [1.82, 2.24) is 4.98 Å². The highest BCUT2D eigenvalue weighted by Crippen LogP contribution is 2.12. The Balaban J connectivity index is -0.000000329. The van der Waals surface area contributed by atoms with Crippen LogP contribution in [0.25, 0.3) is 0 Å². The van der Waals surface area contributed by atoms with Crippen molar-refractivity contribution >= 4 is 0 Å². The van der Waals surface area contributed by atoms with Crippen molar-refractivity contribution in [3.05, 3.63) is 18.3 Å². The molecule has 0 fully saturated rings. The quantitative estimate of drug-likeness (QED) is 0.884. The average molecular weight is 244 g/mol. The first-order valence-corrected chi connectivity index (χ1v) is 6.11. The Labute approximate surface area is 107 Å². The lowest BCUT2D eigenvalue weighted by Gasteiger charge is -2.03. The summed E-state index contributed by atoms with van der Waals surface area (Å²) in [6, 6.07) is 3.54. The predicted octanol–water partition coefficient (Wildman–Crippen LogP) is 3.12. The van der Waals surface area contributed by atoms with Crippen LogP contribution in [-0.4, -0.2) is 25.2 Å². The van der Waals surface area contributed by atoms with E-state index >= 15 is 0 Å². The lowest BCUT2D eigenvalue weighted by molar-refractivity contribution is 0.314. The number of methoxy groups -OCH3 is 1. The lowest BCUT2D eigenvalue weighted by Crippen LogP contribution is -2.11. The van der Waals surface area contributed by atoms with Gasteiger partial charge in [0, 0.05) is 14.0 Å². The largest absolute Gasteiger partial charge is 0.495 e. The number of pyridine rings is 1. The smallest absolute Gasteiger partial charge is 0.213 e. The number of hydrogen-bond acceptors (Lipinski definition) is 4. The van der Waals surface area contributed by atoms with Crippen LogP contribution in [0.5, 0.6) is 11.6 Å². The maximum absolute atomic E-state index is 5.25. The SMILES string of the molecule is CC.CCC.COc1ccc(OCCN)nc1.[HH]. The van der Waals surface area contributed by atoms with Crippen LogP contribution in [-0.2, 0) is 0 Å². The van der Waals surface area contributed by atoms with Gasteiger partial charge in [-0.3, -0.25) is 0 Å². The maximum atomic E-state index is 5.25. The van der Waals surface area contributed by atoms with E-state index in [4.69, 9.17) is 15.2 Å². The molecule has 1 rings (SSSR count). The number of nitrogens with two attached hydrogens (primary N) is 1.